The second kappa shape index (κ2) is 11.7. The minimum absolute atomic E-state index is 0.0113. The Kier molecular flexibility index (Phi) is 8.07. The molecule has 1 fully saturated rings. The third-order valence-corrected chi connectivity index (χ3v) is 8.12. The first kappa shape index (κ1) is 28.3. The summed E-state index contributed by atoms with van der Waals surface area (Å²) in [5.74, 6) is -2.57. The Morgan fingerprint density at radius 1 is 0.927 bits per heavy atom. The van der Waals surface area contributed by atoms with E-state index in [9.17, 15) is 33.5 Å². The van der Waals surface area contributed by atoms with E-state index >= 15 is 0 Å². The average Bonchev–Trinajstić information content (AvgIpc) is 3.12. The van der Waals surface area contributed by atoms with Crippen LogP contribution in [0.4, 0.5) is 4.39 Å². The number of carboxylic acids is 1. The van der Waals surface area contributed by atoms with Crippen molar-refractivity contribution < 1.29 is 23.9 Å². The molecule has 214 valence electrons. The van der Waals surface area contributed by atoms with E-state index in [1.807, 2.05) is 29.2 Å². The lowest BCUT2D eigenvalue weighted by atomic mass is 10.0. The van der Waals surface area contributed by atoms with Crippen LogP contribution in [0.5, 0.6) is 0 Å². The zero-order valence-electron chi connectivity index (χ0n) is 22.1. The van der Waals surface area contributed by atoms with Gasteiger partial charge in [0.1, 0.15) is 18.9 Å². The van der Waals surface area contributed by atoms with Gasteiger partial charge in [0.15, 0.2) is 0 Å². The summed E-state index contributed by atoms with van der Waals surface area (Å²) < 4.78 is 15.6. The van der Waals surface area contributed by atoms with Crippen molar-refractivity contribution in [3.8, 4) is 11.1 Å². The molecular weight excluding hydrogens is 555 g/mol. The molecule has 2 amide bonds. The molecule has 3 heterocycles. The Labute approximate surface area is 239 Å². The van der Waals surface area contributed by atoms with Gasteiger partial charge < -0.3 is 14.9 Å². The number of aliphatic carboxylic acids is 1. The maximum absolute atomic E-state index is 14.1. The van der Waals surface area contributed by atoms with Crippen molar-refractivity contribution in [1.82, 2.24) is 18.9 Å². The average molecular weight is 583 g/mol. The molecule has 0 bridgehead atoms. The lowest BCUT2D eigenvalue weighted by Gasteiger charge is -2.38. The van der Waals surface area contributed by atoms with E-state index in [0.717, 1.165) is 28.8 Å². The number of hydrogen-bond acceptors (Lipinski definition) is 5. The Hall–Kier alpha value is -4.25. The second-order valence-electron chi connectivity index (χ2n) is 10.2. The molecule has 2 aliphatic rings. The zero-order valence-corrected chi connectivity index (χ0v) is 22.8. The predicted octanol–water partition coefficient (Wildman–Crippen LogP) is 2.17. The van der Waals surface area contributed by atoms with Crippen LogP contribution in [0.15, 0.2) is 58.3 Å². The lowest BCUT2D eigenvalue weighted by molar-refractivity contribution is -0.138. The topological polar surface area (TPSA) is 122 Å². The number of fused-ring (bicyclic) bond motifs is 1. The highest BCUT2D eigenvalue weighted by Gasteiger charge is 2.31. The molecule has 0 spiro atoms. The molecule has 12 heteroatoms. The van der Waals surface area contributed by atoms with E-state index < -0.39 is 42.0 Å². The lowest BCUT2D eigenvalue weighted by Crippen LogP contribution is -2.50. The number of nitrogens with zero attached hydrogens (tertiary/aromatic N) is 4. The van der Waals surface area contributed by atoms with E-state index in [1.54, 1.807) is 4.90 Å². The van der Waals surface area contributed by atoms with Crippen molar-refractivity contribution in [2.75, 3.05) is 19.6 Å². The summed E-state index contributed by atoms with van der Waals surface area (Å²) in [6, 6.07) is 11.7. The molecule has 2 aromatic carbocycles. The summed E-state index contributed by atoms with van der Waals surface area (Å²) in [4.78, 5) is 67.2. The molecule has 5 rings (SSSR count). The highest BCUT2D eigenvalue weighted by atomic mass is 35.5. The van der Waals surface area contributed by atoms with E-state index in [1.165, 1.54) is 17.7 Å². The van der Waals surface area contributed by atoms with Gasteiger partial charge in [0.2, 0.25) is 11.8 Å². The minimum atomic E-state index is -1.43. The Morgan fingerprint density at radius 2 is 1.63 bits per heavy atom. The van der Waals surface area contributed by atoms with Crippen LogP contribution in [0.1, 0.15) is 24.0 Å². The number of carbonyl (C=O) groups excluding carboxylic acids is 2. The maximum Gasteiger partial charge on any atom is 0.332 e. The minimum Gasteiger partial charge on any atom is -0.480 e. The molecule has 1 aromatic heterocycles. The van der Waals surface area contributed by atoms with Gasteiger partial charge in [-0.1, -0.05) is 48.0 Å². The van der Waals surface area contributed by atoms with Crippen LogP contribution in [0.25, 0.3) is 11.1 Å². The normalized spacial score (nSPS) is 15.9. The summed E-state index contributed by atoms with van der Waals surface area (Å²) in [5.41, 5.74) is 0.0423. The first-order chi connectivity index (χ1) is 19.6. The highest BCUT2D eigenvalue weighted by Crippen LogP contribution is 2.28. The Bertz CT molecular complexity index is 1640. The van der Waals surface area contributed by atoms with Gasteiger partial charge in [-0.25, -0.2) is 13.8 Å². The molecule has 3 aromatic rings. The van der Waals surface area contributed by atoms with Crippen LogP contribution in [-0.4, -0.2) is 67.5 Å². The van der Waals surface area contributed by atoms with Crippen LogP contribution < -0.4 is 11.2 Å². The van der Waals surface area contributed by atoms with Gasteiger partial charge in [0, 0.05) is 37.4 Å². The summed E-state index contributed by atoms with van der Waals surface area (Å²) in [7, 11) is 0. The molecule has 41 heavy (non-hydrogen) atoms. The third-order valence-electron chi connectivity index (χ3n) is 7.74. The van der Waals surface area contributed by atoms with Crippen molar-refractivity contribution in [2.24, 2.45) is 0 Å². The maximum atomic E-state index is 14.1. The Morgan fingerprint density at radius 3 is 2.34 bits per heavy atom. The molecule has 0 aliphatic carbocycles. The number of benzene rings is 2. The summed E-state index contributed by atoms with van der Waals surface area (Å²) in [5, 5.41) is 8.91. The van der Waals surface area contributed by atoms with Gasteiger partial charge in [0.25, 0.3) is 5.56 Å². The molecular formula is C29H28ClFN4O6. The first-order valence-corrected chi connectivity index (χ1v) is 13.7. The highest BCUT2D eigenvalue weighted by molar-refractivity contribution is 6.33. The molecule has 10 nitrogen and oxygen atoms in total. The molecule has 1 N–H and O–H groups in total. The van der Waals surface area contributed by atoms with Gasteiger partial charge in [0.05, 0.1) is 17.0 Å². The standard InChI is InChI=1S/C29H28ClFN4O6/c30-27-21(6-3-7-23(27)31)22-15-33(29(41)35(28(22)40)17-26(38)39)16-25(37)32-11-9-20(10-12-32)34-13-8-18-4-1-2-5-19(18)14-24(34)36/h1-7,15,20H,8-14,16-17H2,(H,38,39). The fraction of sp³-hybridized carbons (Fsp3) is 0.345. The van der Waals surface area contributed by atoms with E-state index in [4.69, 9.17) is 11.6 Å². The molecule has 2 aliphatic heterocycles. The monoisotopic (exact) mass is 582 g/mol. The third kappa shape index (κ3) is 5.81. The van der Waals surface area contributed by atoms with Gasteiger partial charge in [-0.3, -0.25) is 23.7 Å². The smallest absolute Gasteiger partial charge is 0.332 e. The number of amides is 2. The van der Waals surface area contributed by atoms with Crippen LogP contribution in [0.2, 0.25) is 5.02 Å². The molecule has 0 atom stereocenters. The van der Waals surface area contributed by atoms with Crippen molar-refractivity contribution >= 4 is 29.4 Å². The van der Waals surface area contributed by atoms with Crippen molar-refractivity contribution in [3.05, 3.63) is 91.5 Å². The van der Waals surface area contributed by atoms with Gasteiger partial charge >= 0.3 is 11.7 Å². The number of likely N-dealkylation sites (tertiary alicyclic amines) is 1. The van der Waals surface area contributed by atoms with Crippen LogP contribution in [-0.2, 0) is 40.3 Å². The Balaban J connectivity index is 1.33. The van der Waals surface area contributed by atoms with Gasteiger partial charge in [-0.05, 0) is 36.5 Å². The second-order valence-corrected chi connectivity index (χ2v) is 10.6. The van der Waals surface area contributed by atoms with E-state index in [0.29, 0.717) is 43.5 Å². The quantitative estimate of drug-likeness (QED) is 0.475. The largest absolute Gasteiger partial charge is 0.480 e. The number of piperidine rings is 1. The zero-order chi connectivity index (χ0) is 29.3. The molecule has 1 saturated heterocycles. The summed E-state index contributed by atoms with van der Waals surface area (Å²) in [6.45, 7) is -0.0495. The SMILES string of the molecule is O=C(O)Cn1c(=O)c(-c2cccc(F)c2Cl)cn(CC(=O)N2CCC(N3CCc4ccccc4CC3=O)CC2)c1=O. The predicted molar refractivity (Wildman–Crippen MR) is 148 cm³/mol. The number of halogens is 2. The number of carbonyl (C=O) groups is 3. The van der Waals surface area contributed by atoms with Gasteiger partial charge in [-0.15, -0.1) is 0 Å². The van der Waals surface area contributed by atoms with Gasteiger partial charge in [-0.2, -0.15) is 0 Å². The molecule has 0 saturated carbocycles. The molecule has 0 unspecified atom stereocenters. The van der Waals surface area contributed by atoms with Crippen molar-refractivity contribution in [3.63, 3.8) is 0 Å². The van der Waals surface area contributed by atoms with Crippen molar-refractivity contribution in [1.29, 1.82) is 0 Å². The fourth-order valence-electron chi connectivity index (χ4n) is 5.60. The van der Waals surface area contributed by atoms with Crippen LogP contribution in [0, 0.1) is 5.82 Å². The summed E-state index contributed by atoms with van der Waals surface area (Å²) in [6.07, 6.45) is 3.38. The van der Waals surface area contributed by atoms with E-state index in [-0.39, 0.29) is 28.1 Å². The van der Waals surface area contributed by atoms with Crippen LogP contribution >= 0.6 is 11.6 Å². The van der Waals surface area contributed by atoms with E-state index in [2.05, 4.69) is 0 Å². The number of hydrogen-bond donors (Lipinski definition) is 1. The van der Waals surface area contributed by atoms with Crippen LogP contribution in [0.3, 0.4) is 0 Å². The first-order valence-electron chi connectivity index (χ1n) is 13.3. The van der Waals surface area contributed by atoms with Crippen molar-refractivity contribution in [2.45, 2.75) is 44.8 Å². The number of rotatable bonds is 6. The number of aromatic nitrogens is 2. The number of carboxylic acid groups (broad SMARTS) is 1. The fourth-order valence-corrected chi connectivity index (χ4v) is 5.83. The summed E-state index contributed by atoms with van der Waals surface area (Å²) >= 11 is 6.07. The molecule has 0 radical (unpaired) electrons.